The summed E-state index contributed by atoms with van der Waals surface area (Å²) in [7, 11) is 0. The minimum Gasteiger partial charge on any atom is -0.456 e. The zero-order valence-electron chi connectivity index (χ0n) is 16.5. The number of ether oxygens (including phenoxy) is 1. The summed E-state index contributed by atoms with van der Waals surface area (Å²) in [6.45, 7) is 17.4. The molecule has 0 saturated carbocycles. The smallest absolute Gasteiger partial charge is 0.334 e. The summed E-state index contributed by atoms with van der Waals surface area (Å²) in [6, 6.07) is 0. The molecule has 2 nitrogen and oxygen atoms in total. The van der Waals surface area contributed by atoms with Crippen LogP contribution in [0.25, 0.3) is 0 Å². The molecule has 2 heteroatoms. The van der Waals surface area contributed by atoms with Gasteiger partial charge >= 0.3 is 5.97 Å². The molecular weight excluding hydrogens is 284 g/mol. The third kappa shape index (κ3) is 6.16. The van der Waals surface area contributed by atoms with Crippen molar-refractivity contribution < 1.29 is 9.53 Å². The van der Waals surface area contributed by atoms with Crippen LogP contribution in [-0.4, -0.2) is 11.6 Å². The van der Waals surface area contributed by atoms with Crippen LogP contribution in [0.5, 0.6) is 0 Å². The Morgan fingerprint density at radius 3 is 2.30 bits per heavy atom. The van der Waals surface area contributed by atoms with Crippen LogP contribution < -0.4 is 0 Å². The van der Waals surface area contributed by atoms with Crippen molar-refractivity contribution in [3.05, 3.63) is 23.3 Å². The van der Waals surface area contributed by atoms with Gasteiger partial charge in [0.1, 0.15) is 5.60 Å². The van der Waals surface area contributed by atoms with Crippen LogP contribution in [0.15, 0.2) is 23.3 Å². The van der Waals surface area contributed by atoms with Gasteiger partial charge in [-0.1, -0.05) is 47.6 Å². The summed E-state index contributed by atoms with van der Waals surface area (Å²) in [5, 5.41) is 0. The van der Waals surface area contributed by atoms with E-state index >= 15 is 0 Å². The fourth-order valence-corrected chi connectivity index (χ4v) is 2.98. The van der Waals surface area contributed by atoms with E-state index in [4.69, 9.17) is 4.74 Å². The molecule has 0 spiro atoms. The van der Waals surface area contributed by atoms with Crippen molar-refractivity contribution in [1.29, 1.82) is 0 Å². The number of hydrogen-bond donors (Lipinski definition) is 0. The molecule has 132 valence electrons. The molecule has 0 aliphatic heterocycles. The number of carbonyl (C=O) groups is 1. The lowest BCUT2D eigenvalue weighted by molar-refractivity contribution is -0.151. The zero-order valence-corrected chi connectivity index (χ0v) is 16.5. The van der Waals surface area contributed by atoms with E-state index in [2.05, 4.69) is 46.8 Å². The maximum atomic E-state index is 12.5. The molecule has 23 heavy (non-hydrogen) atoms. The molecule has 0 aromatic carbocycles. The predicted molar refractivity (Wildman–Crippen MR) is 98.3 cm³/mol. The molecule has 0 bridgehead atoms. The first-order valence-electron chi connectivity index (χ1n) is 9.10. The van der Waals surface area contributed by atoms with Gasteiger partial charge in [-0.15, -0.1) is 0 Å². The molecule has 1 unspecified atom stereocenters. The van der Waals surface area contributed by atoms with Gasteiger partial charge in [-0.25, -0.2) is 4.79 Å². The molecule has 0 heterocycles. The van der Waals surface area contributed by atoms with Crippen LogP contribution >= 0.6 is 0 Å². The molecule has 0 radical (unpaired) electrons. The number of carbonyl (C=O) groups excluding carboxylic acids is 1. The Morgan fingerprint density at radius 2 is 1.83 bits per heavy atom. The van der Waals surface area contributed by atoms with E-state index in [0.717, 1.165) is 31.3 Å². The largest absolute Gasteiger partial charge is 0.456 e. The van der Waals surface area contributed by atoms with Gasteiger partial charge in [0, 0.05) is 5.57 Å². The van der Waals surface area contributed by atoms with E-state index in [9.17, 15) is 4.79 Å². The van der Waals surface area contributed by atoms with Gasteiger partial charge < -0.3 is 4.74 Å². The minimum atomic E-state index is -0.388. The summed E-state index contributed by atoms with van der Waals surface area (Å²) < 4.78 is 5.69. The zero-order chi connectivity index (χ0) is 17.8. The number of esters is 1. The number of hydrogen-bond acceptors (Lipinski definition) is 2. The topological polar surface area (TPSA) is 26.3 Å². The van der Waals surface area contributed by atoms with Gasteiger partial charge in [0.25, 0.3) is 0 Å². The van der Waals surface area contributed by atoms with Crippen molar-refractivity contribution in [2.75, 3.05) is 0 Å². The number of allylic oxidation sites excluding steroid dienone is 3. The highest BCUT2D eigenvalue weighted by Crippen LogP contribution is 2.39. The van der Waals surface area contributed by atoms with Crippen LogP contribution in [-0.2, 0) is 9.53 Å². The first-order chi connectivity index (χ1) is 10.5. The summed E-state index contributed by atoms with van der Waals surface area (Å²) in [4.78, 5) is 12.5. The standard InChI is InChI=1S/C21H36O2/c1-9-21(7,8)23-19(22)17-12-10-11-16(14-17)18(13-15(2)3)20(4,5)6/h11,14-15,18H,9-10,12-13H2,1-8H3. The third-order valence-electron chi connectivity index (χ3n) is 4.77. The van der Waals surface area contributed by atoms with E-state index in [1.165, 1.54) is 5.57 Å². The Hall–Kier alpha value is -1.05. The summed E-state index contributed by atoms with van der Waals surface area (Å²) in [5.41, 5.74) is 1.96. The van der Waals surface area contributed by atoms with Gasteiger partial charge in [0.15, 0.2) is 0 Å². The highest BCUT2D eigenvalue weighted by molar-refractivity contribution is 5.89. The minimum absolute atomic E-state index is 0.139. The molecule has 0 aromatic rings. The van der Waals surface area contributed by atoms with Crippen LogP contribution in [0.3, 0.4) is 0 Å². The molecule has 0 N–H and O–H groups in total. The fraction of sp³-hybridized carbons (Fsp3) is 0.762. The van der Waals surface area contributed by atoms with E-state index in [-0.39, 0.29) is 17.0 Å². The highest BCUT2D eigenvalue weighted by Gasteiger charge is 2.30. The van der Waals surface area contributed by atoms with Gasteiger partial charge in [-0.2, -0.15) is 0 Å². The molecule has 1 aliphatic rings. The fourth-order valence-electron chi connectivity index (χ4n) is 2.98. The molecule has 1 rings (SSSR count). The van der Waals surface area contributed by atoms with Crippen LogP contribution in [0.4, 0.5) is 0 Å². The average Bonchev–Trinajstić information content (AvgIpc) is 2.43. The average molecular weight is 321 g/mol. The summed E-state index contributed by atoms with van der Waals surface area (Å²) in [5.74, 6) is 0.981. The molecule has 1 atom stereocenters. The molecule has 0 fully saturated rings. The molecular formula is C21H36O2. The lowest BCUT2D eigenvalue weighted by atomic mass is 9.70. The molecule has 0 saturated heterocycles. The Morgan fingerprint density at radius 1 is 1.22 bits per heavy atom. The van der Waals surface area contributed by atoms with E-state index in [0.29, 0.717) is 11.8 Å². The summed E-state index contributed by atoms with van der Waals surface area (Å²) >= 11 is 0. The van der Waals surface area contributed by atoms with Crippen LogP contribution in [0.2, 0.25) is 0 Å². The Balaban J connectivity index is 2.98. The van der Waals surface area contributed by atoms with Crippen molar-refractivity contribution in [2.24, 2.45) is 17.3 Å². The van der Waals surface area contributed by atoms with E-state index in [1.54, 1.807) is 0 Å². The highest BCUT2D eigenvalue weighted by atomic mass is 16.6. The SMILES string of the molecule is CCC(C)(C)OC(=O)C1=CC(C(CC(C)C)C(C)(C)C)=CCC1. The Bertz CT molecular complexity index is 473. The van der Waals surface area contributed by atoms with Crippen molar-refractivity contribution >= 4 is 5.97 Å². The van der Waals surface area contributed by atoms with Gasteiger partial charge in [-0.3, -0.25) is 0 Å². The van der Waals surface area contributed by atoms with Gasteiger partial charge in [0.05, 0.1) is 0 Å². The van der Waals surface area contributed by atoms with E-state index < -0.39 is 0 Å². The molecule has 0 amide bonds. The van der Waals surface area contributed by atoms with Crippen LogP contribution in [0, 0.1) is 17.3 Å². The first kappa shape index (κ1) is 20.0. The first-order valence-corrected chi connectivity index (χ1v) is 9.10. The monoisotopic (exact) mass is 320 g/mol. The van der Waals surface area contributed by atoms with Crippen molar-refractivity contribution in [1.82, 2.24) is 0 Å². The second kappa shape index (κ2) is 7.68. The second-order valence-corrected chi connectivity index (χ2v) is 8.96. The summed E-state index contributed by atoms with van der Waals surface area (Å²) in [6.07, 6.45) is 8.13. The molecule has 0 aromatic heterocycles. The van der Waals surface area contributed by atoms with Gasteiger partial charge in [0.2, 0.25) is 0 Å². The van der Waals surface area contributed by atoms with Crippen molar-refractivity contribution in [2.45, 2.75) is 86.7 Å². The van der Waals surface area contributed by atoms with Crippen molar-refractivity contribution in [3.8, 4) is 0 Å². The maximum absolute atomic E-state index is 12.5. The quantitative estimate of drug-likeness (QED) is 0.555. The predicted octanol–water partition coefficient (Wildman–Crippen LogP) is 6.07. The Labute approximate surface area is 143 Å². The number of rotatable bonds is 6. The third-order valence-corrected chi connectivity index (χ3v) is 4.77. The Kier molecular flexibility index (Phi) is 6.68. The lowest BCUT2D eigenvalue weighted by Crippen LogP contribution is -2.29. The maximum Gasteiger partial charge on any atom is 0.334 e. The van der Waals surface area contributed by atoms with Crippen molar-refractivity contribution in [3.63, 3.8) is 0 Å². The van der Waals surface area contributed by atoms with E-state index in [1.807, 2.05) is 20.8 Å². The van der Waals surface area contributed by atoms with Crippen LogP contribution in [0.1, 0.15) is 81.1 Å². The molecule has 1 aliphatic carbocycles. The normalized spacial score (nSPS) is 17.6. The second-order valence-electron chi connectivity index (χ2n) is 8.96. The lowest BCUT2D eigenvalue weighted by Gasteiger charge is -2.35. The van der Waals surface area contributed by atoms with Gasteiger partial charge in [-0.05, 0) is 68.4 Å².